The van der Waals surface area contributed by atoms with E-state index >= 15 is 0 Å². The summed E-state index contributed by atoms with van der Waals surface area (Å²) in [6.45, 7) is 7.80. The minimum atomic E-state index is -3.64. The number of piperazine rings is 1. The van der Waals surface area contributed by atoms with Crippen molar-refractivity contribution in [2.45, 2.75) is 31.9 Å². The maximum atomic E-state index is 13.0. The van der Waals surface area contributed by atoms with E-state index in [4.69, 9.17) is 14.7 Å². The number of benzene rings is 3. The summed E-state index contributed by atoms with van der Waals surface area (Å²) in [5.74, 6) is 1.66. The van der Waals surface area contributed by atoms with Crippen LogP contribution in [0.4, 0.5) is 11.4 Å². The Morgan fingerprint density at radius 3 is 2.37 bits per heavy atom. The number of nitrogens with one attached hydrogen (secondary N) is 1. The van der Waals surface area contributed by atoms with E-state index < -0.39 is 19.9 Å². The lowest BCUT2D eigenvalue weighted by Gasteiger charge is -2.36. The molecule has 1 aliphatic heterocycles. The Morgan fingerprint density at radius 2 is 1.65 bits per heavy atom. The zero-order valence-electron chi connectivity index (χ0n) is 29.8. The van der Waals surface area contributed by atoms with Crippen LogP contribution in [-0.2, 0) is 32.0 Å². The fourth-order valence-electron chi connectivity index (χ4n) is 6.09. The average molecular weight is 761 g/mol. The van der Waals surface area contributed by atoms with Crippen molar-refractivity contribution in [3.63, 3.8) is 0 Å². The zero-order chi connectivity index (χ0) is 36.9. The first-order chi connectivity index (χ1) is 24.9. The molecule has 11 nitrogen and oxygen atoms in total. The fraction of sp³-hybridized carbons (Fsp3) is 0.342. The molecule has 2 aromatic heterocycles. The molecule has 274 valence electrons. The van der Waals surface area contributed by atoms with Gasteiger partial charge in [-0.15, -0.1) is 11.3 Å². The number of methoxy groups -OCH3 is 1. The third-order valence-corrected chi connectivity index (χ3v) is 12.3. The van der Waals surface area contributed by atoms with E-state index in [1.54, 1.807) is 42.8 Å². The standard InChI is InChI=1S/C38H44N6O5S3/c1-27(2)38-41-36(30-11-8-12-31(25-30)42-52(47,48)26-28-9-6-5-7-10-28)37(50-38)32-15-16-39-35(40-32)24-29-13-14-34(49-3)33(23-29)44-19-17-43(18-20-44)21-22-51(4,45)46/h5-16,23,25,27,42H,17-22,24,26H2,1-4H3. The van der Waals surface area contributed by atoms with E-state index in [9.17, 15) is 16.8 Å². The third kappa shape index (κ3) is 9.73. The van der Waals surface area contributed by atoms with Crippen LogP contribution in [-0.4, -0.2) is 88.5 Å². The summed E-state index contributed by atoms with van der Waals surface area (Å²) >= 11 is 1.58. The summed E-state index contributed by atoms with van der Waals surface area (Å²) in [6.07, 6.45) is 3.55. The smallest absolute Gasteiger partial charge is 0.236 e. The summed E-state index contributed by atoms with van der Waals surface area (Å²) in [4.78, 5) is 20.0. The molecular weight excluding hydrogens is 717 g/mol. The van der Waals surface area contributed by atoms with Crippen LogP contribution in [0.5, 0.6) is 5.75 Å². The number of ether oxygens (including phenoxy) is 1. The van der Waals surface area contributed by atoms with Crippen molar-refractivity contribution >= 4 is 42.6 Å². The molecular formula is C38H44N6O5S3. The first kappa shape index (κ1) is 37.4. The normalized spacial score (nSPS) is 14.1. The number of thiazole rings is 1. The lowest BCUT2D eigenvalue weighted by Crippen LogP contribution is -2.47. The Balaban J connectivity index is 1.22. The van der Waals surface area contributed by atoms with Crippen molar-refractivity contribution < 1.29 is 21.6 Å². The van der Waals surface area contributed by atoms with E-state index in [0.717, 1.165) is 70.0 Å². The number of hydrogen-bond donors (Lipinski definition) is 1. The number of sulfonamides is 1. The highest BCUT2D eigenvalue weighted by Gasteiger charge is 2.23. The molecule has 1 saturated heterocycles. The maximum Gasteiger partial charge on any atom is 0.236 e. The average Bonchev–Trinajstić information content (AvgIpc) is 3.57. The molecule has 0 bridgehead atoms. The minimum Gasteiger partial charge on any atom is -0.495 e. The molecule has 0 saturated carbocycles. The summed E-state index contributed by atoms with van der Waals surface area (Å²) in [5.41, 5.74) is 5.48. The fourth-order valence-corrected chi connectivity index (χ4v) is 8.92. The number of nitrogens with zero attached hydrogens (tertiary/aromatic N) is 5. The Bertz CT molecular complexity index is 2220. The SMILES string of the molecule is COc1ccc(Cc2nccc(-c3sc(C(C)C)nc3-c3cccc(NS(=O)(=O)Cc4ccccc4)c3)n2)cc1N1CCN(CCS(C)(=O)=O)CC1. The number of sulfone groups is 1. The van der Waals surface area contributed by atoms with E-state index in [-0.39, 0.29) is 17.4 Å². The van der Waals surface area contributed by atoms with Gasteiger partial charge in [0.25, 0.3) is 0 Å². The van der Waals surface area contributed by atoms with Gasteiger partial charge in [0.1, 0.15) is 21.4 Å². The summed E-state index contributed by atoms with van der Waals surface area (Å²) < 4.78 is 57.8. The molecule has 3 aromatic carbocycles. The van der Waals surface area contributed by atoms with Gasteiger partial charge in [0.05, 0.1) is 45.6 Å². The summed E-state index contributed by atoms with van der Waals surface area (Å²) in [5, 5.41) is 0.955. The Labute approximate surface area is 310 Å². The van der Waals surface area contributed by atoms with E-state index in [1.807, 2.05) is 54.6 Å². The van der Waals surface area contributed by atoms with Crippen LogP contribution in [0, 0.1) is 0 Å². The molecule has 1 aliphatic rings. The van der Waals surface area contributed by atoms with E-state index in [0.29, 0.717) is 30.0 Å². The molecule has 0 aliphatic carbocycles. The van der Waals surface area contributed by atoms with Crippen LogP contribution in [0.1, 0.15) is 41.7 Å². The molecule has 0 radical (unpaired) electrons. The van der Waals surface area contributed by atoms with Gasteiger partial charge >= 0.3 is 0 Å². The van der Waals surface area contributed by atoms with Crippen molar-refractivity contribution in [3.8, 4) is 27.6 Å². The number of hydrogen-bond acceptors (Lipinski definition) is 11. The number of anilines is 2. The molecule has 0 amide bonds. The van der Waals surface area contributed by atoms with Gasteiger partial charge in [-0.2, -0.15) is 0 Å². The predicted molar refractivity (Wildman–Crippen MR) is 210 cm³/mol. The van der Waals surface area contributed by atoms with Gasteiger partial charge in [-0.05, 0) is 41.5 Å². The van der Waals surface area contributed by atoms with Crippen LogP contribution in [0.15, 0.2) is 85.1 Å². The monoisotopic (exact) mass is 760 g/mol. The van der Waals surface area contributed by atoms with Gasteiger partial charge in [0.15, 0.2) is 0 Å². The van der Waals surface area contributed by atoms with Gasteiger partial charge in [0, 0.05) is 68.8 Å². The first-order valence-electron chi connectivity index (χ1n) is 17.2. The van der Waals surface area contributed by atoms with Crippen LogP contribution >= 0.6 is 11.3 Å². The lowest BCUT2D eigenvalue weighted by molar-refractivity contribution is 0.271. The second-order valence-electron chi connectivity index (χ2n) is 13.3. The highest BCUT2D eigenvalue weighted by Crippen LogP contribution is 2.39. The zero-order valence-corrected chi connectivity index (χ0v) is 32.3. The molecule has 5 aromatic rings. The highest BCUT2D eigenvalue weighted by atomic mass is 32.2. The molecule has 14 heteroatoms. The van der Waals surface area contributed by atoms with E-state index in [1.165, 1.54) is 6.26 Å². The Hall–Kier alpha value is -4.37. The van der Waals surface area contributed by atoms with E-state index in [2.05, 4.69) is 39.4 Å². The number of rotatable bonds is 14. The topological polar surface area (TPSA) is 135 Å². The van der Waals surface area contributed by atoms with Crippen molar-refractivity contribution in [1.82, 2.24) is 19.9 Å². The van der Waals surface area contributed by atoms with Crippen molar-refractivity contribution in [1.29, 1.82) is 0 Å². The van der Waals surface area contributed by atoms with Gasteiger partial charge in [0.2, 0.25) is 10.0 Å². The van der Waals surface area contributed by atoms with Crippen molar-refractivity contribution in [3.05, 3.63) is 107 Å². The van der Waals surface area contributed by atoms with Crippen molar-refractivity contribution in [2.24, 2.45) is 0 Å². The van der Waals surface area contributed by atoms with Crippen molar-refractivity contribution in [2.75, 3.05) is 61.5 Å². The van der Waals surface area contributed by atoms with Gasteiger partial charge < -0.3 is 9.64 Å². The van der Waals surface area contributed by atoms with Gasteiger partial charge in [-0.3, -0.25) is 9.62 Å². The molecule has 3 heterocycles. The van der Waals surface area contributed by atoms with Crippen LogP contribution in [0.2, 0.25) is 0 Å². The van der Waals surface area contributed by atoms with Crippen LogP contribution in [0.25, 0.3) is 21.8 Å². The molecule has 1 N–H and O–H groups in total. The lowest BCUT2D eigenvalue weighted by atomic mass is 10.1. The quantitative estimate of drug-likeness (QED) is 0.142. The Morgan fingerprint density at radius 1 is 0.885 bits per heavy atom. The Kier molecular flexibility index (Phi) is 11.6. The molecule has 0 unspecified atom stereocenters. The first-order valence-corrected chi connectivity index (χ1v) is 21.7. The summed E-state index contributed by atoms with van der Waals surface area (Å²) in [7, 11) is -4.98. The second kappa shape index (κ2) is 16.1. The second-order valence-corrected chi connectivity index (χ2v) is 18.3. The molecule has 52 heavy (non-hydrogen) atoms. The number of aromatic nitrogens is 3. The molecule has 6 rings (SSSR count). The largest absolute Gasteiger partial charge is 0.495 e. The molecule has 0 atom stereocenters. The molecule has 1 fully saturated rings. The predicted octanol–water partition coefficient (Wildman–Crippen LogP) is 6.10. The third-order valence-electron chi connectivity index (χ3n) is 8.78. The maximum absolute atomic E-state index is 13.0. The molecule has 0 spiro atoms. The van der Waals surface area contributed by atoms with Crippen LogP contribution < -0.4 is 14.4 Å². The minimum absolute atomic E-state index is 0.124. The summed E-state index contributed by atoms with van der Waals surface area (Å²) in [6, 6.07) is 24.4. The van der Waals surface area contributed by atoms with Gasteiger partial charge in [-0.25, -0.2) is 31.8 Å². The van der Waals surface area contributed by atoms with Crippen LogP contribution in [0.3, 0.4) is 0 Å². The highest BCUT2D eigenvalue weighted by molar-refractivity contribution is 7.92. The van der Waals surface area contributed by atoms with Gasteiger partial charge in [-0.1, -0.05) is 62.4 Å².